The SMILES string of the molecule is C=C(C(=O)OCCS(=O)(=O)O)C(F)(F)F. The van der Waals surface area contributed by atoms with Gasteiger partial charge in [0.25, 0.3) is 10.1 Å². The van der Waals surface area contributed by atoms with Crippen LogP contribution in [0.1, 0.15) is 0 Å². The lowest BCUT2D eigenvalue weighted by atomic mass is 10.3. The molecule has 0 aliphatic carbocycles. The Morgan fingerprint density at radius 2 is 1.87 bits per heavy atom. The number of ether oxygens (including phenoxy) is 1. The molecule has 0 saturated heterocycles. The van der Waals surface area contributed by atoms with Gasteiger partial charge in [-0.05, 0) is 0 Å². The van der Waals surface area contributed by atoms with E-state index in [2.05, 4.69) is 11.3 Å². The Bertz CT molecular complexity index is 355. The summed E-state index contributed by atoms with van der Waals surface area (Å²) in [5.74, 6) is -2.74. The van der Waals surface area contributed by atoms with Crippen molar-refractivity contribution in [3.05, 3.63) is 12.2 Å². The molecule has 9 heteroatoms. The number of rotatable bonds is 4. The van der Waals surface area contributed by atoms with E-state index in [0.29, 0.717) is 0 Å². The van der Waals surface area contributed by atoms with Gasteiger partial charge in [-0.25, -0.2) is 4.79 Å². The first-order chi connectivity index (χ1) is 6.54. The molecule has 0 aliphatic rings. The largest absolute Gasteiger partial charge is 0.461 e. The van der Waals surface area contributed by atoms with Crippen LogP contribution in [0.2, 0.25) is 0 Å². The molecule has 0 aromatic rings. The molecule has 0 amide bonds. The Labute approximate surface area is 83.3 Å². The predicted molar refractivity (Wildman–Crippen MR) is 42.6 cm³/mol. The van der Waals surface area contributed by atoms with Gasteiger partial charge in [0.15, 0.2) is 0 Å². The summed E-state index contributed by atoms with van der Waals surface area (Å²) in [6, 6.07) is 0. The van der Waals surface area contributed by atoms with Crippen LogP contribution in [-0.4, -0.2) is 37.5 Å². The van der Waals surface area contributed by atoms with E-state index in [1.807, 2.05) is 0 Å². The molecule has 0 aliphatic heterocycles. The maximum atomic E-state index is 11.8. The van der Waals surface area contributed by atoms with Crippen LogP contribution in [0.25, 0.3) is 0 Å². The molecule has 0 fully saturated rings. The minimum absolute atomic E-state index is 0.868. The molecule has 88 valence electrons. The van der Waals surface area contributed by atoms with Crippen LogP contribution in [0.5, 0.6) is 0 Å². The lowest BCUT2D eigenvalue weighted by molar-refractivity contribution is -0.150. The van der Waals surface area contributed by atoms with Crippen molar-refractivity contribution >= 4 is 16.1 Å². The quantitative estimate of drug-likeness (QED) is 0.446. The molecule has 0 radical (unpaired) electrons. The van der Waals surface area contributed by atoms with Gasteiger partial charge in [-0.2, -0.15) is 21.6 Å². The number of hydrogen-bond donors (Lipinski definition) is 1. The number of esters is 1. The van der Waals surface area contributed by atoms with Crippen LogP contribution < -0.4 is 0 Å². The van der Waals surface area contributed by atoms with Crippen molar-refractivity contribution < 1.29 is 35.7 Å². The summed E-state index contributed by atoms with van der Waals surface area (Å²) in [5, 5.41) is 0. The highest BCUT2D eigenvalue weighted by Gasteiger charge is 2.37. The Balaban J connectivity index is 4.13. The summed E-state index contributed by atoms with van der Waals surface area (Å²) in [7, 11) is -4.37. The third kappa shape index (κ3) is 6.07. The van der Waals surface area contributed by atoms with Crippen molar-refractivity contribution in [3.8, 4) is 0 Å². The third-order valence-corrected chi connectivity index (χ3v) is 1.85. The highest BCUT2D eigenvalue weighted by Crippen LogP contribution is 2.24. The van der Waals surface area contributed by atoms with E-state index in [1.54, 1.807) is 0 Å². The van der Waals surface area contributed by atoms with Crippen molar-refractivity contribution in [1.29, 1.82) is 0 Å². The van der Waals surface area contributed by atoms with Crippen LogP contribution in [0.15, 0.2) is 12.2 Å². The van der Waals surface area contributed by atoms with Crippen LogP contribution in [-0.2, 0) is 19.6 Å². The molecule has 0 aromatic heterocycles. The van der Waals surface area contributed by atoms with E-state index < -0.39 is 40.2 Å². The maximum absolute atomic E-state index is 11.8. The van der Waals surface area contributed by atoms with E-state index in [-0.39, 0.29) is 0 Å². The average Bonchev–Trinajstić information content (AvgIpc) is 1.98. The fourth-order valence-corrected chi connectivity index (χ4v) is 0.736. The number of halogens is 3. The molecule has 0 heterocycles. The van der Waals surface area contributed by atoms with Gasteiger partial charge in [-0.3, -0.25) is 4.55 Å². The van der Waals surface area contributed by atoms with Gasteiger partial charge in [0.1, 0.15) is 17.9 Å². The third-order valence-electron chi connectivity index (χ3n) is 1.16. The predicted octanol–water partition coefficient (Wildman–Crippen LogP) is 0.536. The summed E-state index contributed by atoms with van der Waals surface area (Å²) in [5.41, 5.74) is -1.74. The molecule has 0 rings (SSSR count). The molecule has 0 spiro atoms. The van der Waals surface area contributed by atoms with E-state index >= 15 is 0 Å². The molecule has 0 atom stereocenters. The van der Waals surface area contributed by atoms with Crippen LogP contribution in [0, 0.1) is 0 Å². The number of carbonyl (C=O) groups excluding carboxylic acids is 1. The molecular formula is C6H7F3O5S. The minimum Gasteiger partial charge on any atom is -0.461 e. The van der Waals surface area contributed by atoms with E-state index in [0.717, 1.165) is 0 Å². The van der Waals surface area contributed by atoms with Gasteiger partial charge >= 0.3 is 12.1 Å². The fourth-order valence-electron chi connectivity index (χ4n) is 0.443. The standard InChI is InChI=1S/C6H7F3O5S/c1-4(6(7,8)9)5(10)14-2-3-15(11,12)13/h1-3H2,(H,11,12,13). The van der Waals surface area contributed by atoms with Crippen molar-refractivity contribution in [2.24, 2.45) is 0 Å². The average molecular weight is 248 g/mol. The summed E-state index contributed by atoms with van der Waals surface area (Å²) < 4.78 is 67.7. The molecule has 0 unspecified atom stereocenters. The van der Waals surface area contributed by atoms with Gasteiger partial charge in [0.2, 0.25) is 0 Å². The first-order valence-corrected chi connectivity index (χ1v) is 5.03. The summed E-state index contributed by atoms with van der Waals surface area (Å²) >= 11 is 0. The van der Waals surface area contributed by atoms with Crippen molar-refractivity contribution in [1.82, 2.24) is 0 Å². The topological polar surface area (TPSA) is 80.7 Å². The summed E-state index contributed by atoms with van der Waals surface area (Å²) in [6.07, 6.45) is -4.92. The van der Waals surface area contributed by atoms with Crippen molar-refractivity contribution in [2.75, 3.05) is 12.4 Å². The van der Waals surface area contributed by atoms with Gasteiger partial charge in [-0.1, -0.05) is 6.58 Å². The molecule has 0 saturated carbocycles. The highest BCUT2D eigenvalue weighted by molar-refractivity contribution is 7.85. The van der Waals surface area contributed by atoms with Crippen molar-refractivity contribution in [2.45, 2.75) is 6.18 Å². The van der Waals surface area contributed by atoms with E-state index in [4.69, 9.17) is 4.55 Å². The second-order valence-corrected chi connectivity index (χ2v) is 3.97. The lowest BCUT2D eigenvalue weighted by Gasteiger charge is -2.08. The fraction of sp³-hybridized carbons (Fsp3) is 0.500. The molecule has 5 nitrogen and oxygen atoms in total. The second kappa shape index (κ2) is 4.62. The van der Waals surface area contributed by atoms with Gasteiger partial charge in [0, 0.05) is 0 Å². The molecule has 1 N–H and O–H groups in total. The number of carbonyl (C=O) groups is 1. The van der Waals surface area contributed by atoms with Crippen LogP contribution in [0.4, 0.5) is 13.2 Å². The molecule has 0 aromatic carbocycles. The Morgan fingerprint density at radius 1 is 1.40 bits per heavy atom. The summed E-state index contributed by atoms with van der Waals surface area (Å²) in [4.78, 5) is 10.6. The molecular weight excluding hydrogens is 241 g/mol. The lowest BCUT2D eigenvalue weighted by Crippen LogP contribution is -2.23. The first kappa shape index (κ1) is 13.9. The highest BCUT2D eigenvalue weighted by atomic mass is 32.2. The number of alkyl halides is 3. The smallest absolute Gasteiger partial charge is 0.422 e. The Hall–Kier alpha value is -1.09. The molecule has 0 bridgehead atoms. The monoisotopic (exact) mass is 248 g/mol. The van der Waals surface area contributed by atoms with Crippen LogP contribution in [0.3, 0.4) is 0 Å². The van der Waals surface area contributed by atoms with E-state index in [9.17, 15) is 26.4 Å². The van der Waals surface area contributed by atoms with Gasteiger partial charge < -0.3 is 4.74 Å². The first-order valence-electron chi connectivity index (χ1n) is 3.42. The van der Waals surface area contributed by atoms with Gasteiger partial charge in [-0.15, -0.1) is 0 Å². The Morgan fingerprint density at radius 3 is 2.20 bits per heavy atom. The zero-order valence-corrected chi connectivity index (χ0v) is 8.06. The minimum atomic E-state index is -4.92. The van der Waals surface area contributed by atoms with Gasteiger partial charge in [0.05, 0.1) is 0 Å². The van der Waals surface area contributed by atoms with Crippen molar-refractivity contribution in [3.63, 3.8) is 0 Å². The zero-order chi connectivity index (χ0) is 12.3. The Kier molecular flexibility index (Phi) is 4.28. The second-order valence-electron chi connectivity index (χ2n) is 2.40. The normalized spacial score (nSPS) is 12.3. The molecule has 15 heavy (non-hydrogen) atoms. The number of hydrogen-bond acceptors (Lipinski definition) is 4. The zero-order valence-electron chi connectivity index (χ0n) is 7.24. The van der Waals surface area contributed by atoms with E-state index in [1.165, 1.54) is 0 Å². The van der Waals surface area contributed by atoms with Crippen LogP contribution >= 0.6 is 0 Å². The maximum Gasteiger partial charge on any atom is 0.422 e. The summed E-state index contributed by atoms with van der Waals surface area (Å²) in [6.45, 7) is 1.56.